The van der Waals surface area contributed by atoms with Crippen LogP contribution >= 0.6 is 0 Å². The Morgan fingerprint density at radius 3 is 2.44 bits per heavy atom. The van der Waals surface area contributed by atoms with E-state index in [1.165, 1.54) is 0 Å². The normalized spacial score (nSPS) is 22.9. The zero-order valence-electron chi connectivity index (χ0n) is 12.0. The molecular weight excluding hydrogens is 222 g/mol. The Bertz CT molecular complexity index is 368. The number of nitrogens with one attached hydrogen (secondary N) is 2. The van der Waals surface area contributed by atoms with Crippen molar-refractivity contribution in [3.05, 3.63) is 30.1 Å². The summed E-state index contributed by atoms with van der Waals surface area (Å²) in [4.78, 5) is 4.36. The summed E-state index contributed by atoms with van der Waals surface area (Å²) in [7, 11) is 0. The van der Waals surface area contributed by atoms with E-state index in [1.54, 1.807) is 0 Å². The minimum atomic E-state index is 0.198. The first kappa shape index (κ1) is 13.5. The van der Waals surface area contributed by atoms with Crippen LogP contribution in [0.1, 0.15) is 46.2 Å². The molecule has 2 N–H and O–H groups in total. The monoisotopic (exact) mass is 247 g/mol. The standard InChI is InChI=1S/C15H25N3/c1-14(2)9-13(10-15(3,4)18-14)17-11-12-7-5-6-8-16-12/h5-8,13,17-18H,9-11H2,1-4H3. The summed E-state index contributed by atoms with van der Waals surface area (Å²) in [6.45, 7) is 9.98. The highest BCUT2D eigenvalue weighted by molar-refractivity contribution is 5.05. The van der Waals surface area contributed by atoms with E-state index < -0.39 is 0 Å². The van der Waals surface area contributed by atoms with Crippen molar-refractivity contribution in [2.75, 3.05) is 0 Å². The smallest absolute Gasteiger partial charge is 0.0541 e. The average molecular weight is 247 g/mol. The highest BCUT2D eigenvalue weighted by Crippen LogP contribution is 2.28. The molecule has 3 nitrogen and oxygen atoms in total. The molecule has 0 amide bonds. The molecule has 2 rings (SSSR count). The third kappa shape index (κ3) is 3.79. The van der Waals surface area contributed by atoms with Crippen molar-refractivity contribution in [3.8, 4) is 0 Å². The van der Waals surface area contributed by atoms with Gasteiger partial charge in [-0.25, -0.2) is 0 Å². The third-order valence-corrected chi connectivity index (χ3v) is 3.49. The van der Waals surface area contributed by atoms with Gasteiger partial charge in [0.1, 0.15) is 0 Å². The molecule has 1 aromatic rings. The van der Waals surface area contributed by atoms with Crippen molar-refractivity contribution in [1.82, 2.24) is 15.6 Å². The van der Waals surface area contributed by atoms with Gasteiger partial charge in [0.2, 0.25) is 0 Å². The molecule has 0 saturated carbocycles. The summed E-state index contributed by atoms with van der Waals surface area (Å²) < 4.78 is 0. The van der Waals surface area contributed by atoms with Crippen LogP contribution < -0.4 is 10.6 Å². The summed E-state index contributed by atoms with van der Waals surface area (Å²) >= 11 is 0. The second kappa shape index (κ2) is 4.98. The maximum Gasteiger partial charge on any atom is 0.0541 e. The number of nitrogens with zero attached hydrogens (tertiary/aromatic N) is 1. The molecule has 0 bridgehead atoms. The topological polar surface area (TPSA) is 37.0 Å². The van der Waals surface area contributed by atoms with E-state index in [0.717, 1.165) is 25.1 Å². The lowest BCUT2D eigenvalue weighted by Gasteiger charge is -2.46. The molecule has 1 aromatic heterocycles. The average Bonchev–Trinajstić information content (AvgIpc) is 2.24. The second-order valence-electron chi connectivity index (χ2n) is 6.70. The minimum absolute atomic E-state index is 0.198. The molecule has 1 aliphatic rings. The van der Waals surface area contributed by atoms with Crippen molar-refractivity contribution >= 4 is 0 Å². The van der Waals surface area contributed by atoms with Crippen LogP contribution in [-0.4, -0.2) is 22.1 Å². The number of hydrogen-bond donors (Lipinski definition) is 2. The van der Waals surface area contributed by atoms with Crippen LogP contribution in [0.3, 0.4) is 0 Å². The molecule has 1 aliphatic heterocycles. The first-order valence-electron chi connectivity index (χ1n) is 6.79. The van der Waals surface area contributed by atoms with Gasteiger partial charge in [-0.3, -0.25) is 4.98 Å². The van der Waals surface area contributed by atoms with Gasteiger partial charge in [-0.1, -0.05) is 6.07 Å². The highest BCUT2D eigenvalue weighted by atomic mass is 15.1. The second-order valence-corrected chi connectivity index (χ2v) is 6.70. The van der Waals surface area contributed by atoms with Crippen molar-refractivity contribution < 1.29 is 0 Å². The van der Waals surface area contributed by atoms with Crippen molar-refractivity contribution in [2.24, 2.45) is 0 Å². The van der Waals surface area contributed by atoms with E-state index in [9.17, 15) is 0 Å². The van der Waals surface area contributed by atoms with Gasteiger partial charge in [0.15, 0.2) is 0 Å². The van der Waals surface area contributed by atoms with Crippen LogP contribution in [-0.2, 0) is 6.54 Å². The molecule has 1 fully saturated rings. The fourth-order valence-corrected chi connectivity index (χ4v) is 3.22. The number of piperidine rings is 1. The van der Waals surface area contributed by atoms with Crippen LogP contribution in [0.4, 0.5) is 0 Å². The first-order valence-corrected chi connectivity index (χ1v) is 6.79. The molecule has 0 spiro atoms. The van der Waals surface area contributed by atoms with Crippen molar-refractivity contribution in [1.29, 1.82) is 0 Å². The van der Waals surface area contributed by atoms with Gasteiger partial charge in [0.25, 0.3) is 0 Å². The van der Waals surface area contributed by atoms with Crippen LogP contribution in [0.15, 0.2) is 24.4 Å². The molecule has 0 aromatic carbocycles. The molecule has 0 aliphatic carbocycles. The van der Waals surface area contributed by atoms with E-state index in [2.05, 4.69) is 49.4 Å². The Kier molecular flexibility index (Phi) is 3.74. The Morgan fingerprint density at radius 1 is 1.22 bits per heavy atom. The van der Waals surface area contributed by atoms with Gasteiger partial charge in [-0.2, -0.15) is 0 Å². The molecule has 100 valence electrons. The maximum absolute atomic E-state index is 4.36. The highest BCUT2D eigenvalue weighted by Gasteiger charge is 2.37. The van der Waals surface area contributed by atoms with Gasteiger partial charge in [-0.15, -0.1) is 0 Å². The van der Waals surface area contributed by atoms with E-state index in [4.69, 9.17) is 0 Å². The van der Waals surface area contributed by atoms with E-state index >= 15 is 0 Å². The number of hydrogen-bond acceptors (Lipinski definition) is 3. The third-order valence-electron chi connectivity index (χ3n) is 3.49. The fraction of sp³-hybridized carbons (Fsp3) is 0.667. The van der Waals surface area contributed by atoms with Crippen LogP contribution in [0.5, 0.6) is 0 Å². The summed E-state index contributed by atoms with van der Waals surface area (Å²) in [5.41, 5.74) is 1.51. The first-order chi connectivity index (χ1) is 8.36. The van der Waals surface area contributed by atoms with Gasteiger partial charge >= 0.3 is 0 Å². The van der Waals surface area contributed by atoms with Crippen molar-refractivity contribution in [3.63, 3.8) is 0 Å². The van der Waals surface area contributed by atoms with Crippen LogP contribution in [0.25, 0.3) is 0 Å². The summed E-state index contributed by atoms with van der Waals surface area (Å²) in [5, 5.41) is 7.35. The minimum Gasteiger partial charge on any atom is -0.308 e. The molecule has 1 saturated heterocycles. The van der Waals surface area contributed by atoms with Gasteiger partial charge in [-0.05, 0) is 52.7 Å². The molecule has 0 unspecified atom stereocenters. The SMILES string of the molecule is CC1(C)CC(NCc2ccccn2)CC(C)(C)N1. The van der Waals surface area contributed by atoms with Crippen molar-refractivity contribution in [2.45, 2.75) is 64.2 Å². The molecule has 18 heavy (non-hydrogen) atoms. The van der Waals surface area contributed by atoms with E-state index in [-0.39, 0.29) is 11.1 Å². The quantitative estimate of drug-likeness (QED) is 0.861. The van der Waals surface area contributed by atoms with Crippen LogP contribution in [0.2, 0.25) is 0 Å². The zero-order chi connectivity index (χ0) is 13.2. The van der Waals surface area contributed by atoms with E-state index in [0.29, 0.717) is 6.04 Å². The lowest BCUT2D eigenvalue weighted by atomic mass is 9.79. The van der Waals surface area contributed by atoms with Gasteiger partial charge in [0.05, 0.1) is 5.69 Å². The molecule has 0 radical (unpaired) electrons. The molecule has 2 heterocycles. The Labute approximate surface area is 110 Å². The Morgan fingerprint density at radius 2 is 1.89 bits per heavy atom. The number of pyridine rings is 1. The largest absolute Gasteiger partial charge is 0.308 e. The maximum atomic E-state index is 4.36. The summed E-state index contributed by atoms with van der Waals surface area (Å²) in [6, 6.07) is 6.63. The van der Waals surface area contributed by atoms with E-state index in [1.807, 2.05) is 18.3 Å². The summed E-state index contributed by atoms with van der Waals surface area (Å²) in [6.07, 6.45) is 4.17. The Hall–Kier alpha value is -0.930. The summed E-state index contributed by atoms with van der Waals surface area (Å²) in [5.74, 6) is 0. The van der Waals surface area contributed by atoms with Gasteiger partial charge in [0, 0.05) is 29.9 Å². The molecular formula is C15H25N3. The molecule has 3 heteroatoms. The predicted molar refractivity (Wildman–Crippen MR) is 75.4 cm³/mol. The lowest BCUT2D eigenvalue weighted by molar-refractivity contribution is 0.145. The predicted octanol–water partition coefficient (Wildman–Crippen LogP) is 2.48. The van der Waals surface area contributed by atoms with Crippen LogP contribution in [0, 0.1) is 0 Å². The zero-order valence-corrected chi connectivity index (χ0v) is 12.0. The molecule has 0 atom stereocenters. The lowest BCUT2D eigenvalue weighted by Crippen LogP contribution is -2.61. The number of aromatic nitrogens is 1. The van der Waals surface area contributed by atoms with Gasteiger partial charge < -0.3 is 10.6 Å². The Balaban J connectivity index is 1.93. The fourth-order valence-electron chi connectivity index (χ4n) is 3.22. The number of rotatable bonds is 3.